The van der Waals surface area contributed by atoms with Crippen molar-refractivity contribution in [3.8, 4) is 11.5 Å². The first-order valence-electron chi connectivity index (χ1n) is 4.32. The minimum Gasteiger partial charge on any atom is -0.508 e. The fourth-order valence-electron chi connectivity index (χ4n) is 1.27. The summed E-state index contributed by atoms with van der Waals surface area (Å²) in [5, 5.41) is 9.68. The number of benzene rings is 1. The summed E-state index contributed by atoms with van der Waals surface area (Å²) in [5.74, 6) is 0.984. The predicted octanol–water partition coefficient (Wildman–Crippen LogP) is 2.70. The third-order valence-electron chi connectivity index (χ3n) is 2.01. The lowest BCUT2D eigenvalue weighted by molar-refractivity contribution is 0.402. The van der Waals surface area contributed by atoms with Crippen molar-refractivity contribution in [3.63, 3.8) is 0 Å². The van der Waals surface area contributed by atoms with Gasteiger partial charge in [0.2, 0.25) is 0 Å². The van der Waals surface area contributed by atoms with Gasteiger partial charge in [-0.2, -0.15) is 0 Å². The van der Waals surface area contributed by atoms with Gasteiger partial charge in [-0.05, 0) is 17.0 Å². The second-order valence-corrected chi connectivity index (χ2v) is 4.13. The molecule has 72 valence electrons. The zero-order valence-electron chi connectivity index (χ0n) is 8.59. The van der Waals surface area contributed by atoms with Crippen molar-refractivity contribution in [2.75, 3.05) is 7.11 Å². The van der Waals surface area contributed by atoms with E-state index in [0.29, 0.717) is 11.5 Å². The minimum atomic E-state index is -0.0314. The maximum Gasteiger partial charge on any atom is 0.122 e. The molecule has 2 heteroatoms. The first kappa shape index (κ1) is 9.90. The van der Waals surface area contributed by atoms with Crippen LogP contribution in [-0.4, -0.2) is 12.2 Å². The van der Waals surface area contributed by atoms with Crippen molar-refractivity contribution < 1.29 is 9.84 Å². The Morgan fingerprint density at radius 2 is 1.85 bits per heavy atom. The molecule has 1 N–H and O–H groups in total. The Kier molecular flexibility index (Phi) is 2.50. The molecule has 0 saturated carbocycles. The molecule has 0 atom stereocenters. The molecule has 0 amide bonds. The first-order chi connectivity index (χ1) is 5.95. The van der Waals surface area contributed by atoms with Crippen LogP contribution in [0, 0.1) is 0 Å². The standard InChI is InChI=1S/C11H16O2/c1-11(2,3)9-6-5-8(13-4)7-10(9)12/h5-7,12H,1-4H3. The molecule has 1 aromatic rings. The van der Waals surface area contributed by atoms with E-state index < -0.39 is 0 Å². The van der Waals surface area contributed by atoms with Crippen molar-refractivity contribution in [1.82, 2.24) is 0 Å². The highest BCUT2D eigenvalue weighted by Crippen LogP contribution is 2.32. The van der Waals surface area contributed by atoms with Gasteiger partial charge in [0.25, 0.3) is 0 Å². The number of hydrogen-bond donors (Lipinski definition) is 1. The number of methoxy groups -OCH3 is 1. The monoisotopic (exact) mass is 180 g/mol. The van der Waals surface area contributed by atoms with Crippen molar-refractivity contribution >= 4 is 0 Å². The van der Waals surface area contributed by atoms with Gasteiger partial charge in [-0.3, -0.25) is 0 Å². The van der Waals surface area contributed by atoms with Gasteiger partial charge in [0.15, 0.2) is 0 Å². The van der Waals surface area contributed by atoms with Crippen LogP contribution in [0.3, 0.4) is 0 Å². The average Bonchev–Trinajstić information content (AvgIpc) is 2.01. The smallest absolute Gasteiger partial charge is 0.122 e. The number of ether oxygens (including phenoxy) is 1. The molecule has 0 aromatic heterocycles. The summed E-state index contributed by atoms with van der Waals surface area (Å²) in [6, 6.07) is 5.40. The zero-order valence-corrected chi connectivity index (χ0v) is 8.59. The fourth-order valence-corrected chi connectivity index (χ4v) is 1.27. The molecule has 0 aliphatic rings. The highest BCUT2D eigenvalue weighted by Gasteiger charge is 2.17. The van der Waals surface area contributed by atoms with E-state index in [0.717, 1.165) is 5.56 Å². The van der Waals surface area contributed by atoms with Crippen LogP contribution in [0.4, 0.5) is 0 Å². The van der Waals surface area contributed by atoms with Crippen molar-refractivity contribution in [3.05, 3.63) is 23.8 Å². The summed E-state index contributed by atoms with van der Waals surface area (Å²) in [4.78, 5) is 0. The van der Waals surface area contributed by atoms with Crippen molar-refractivity contribution in [2.24, 2.45) is 0 Å². The highest BCUT2D eigenvalue weighted by atomic mass is 16.5. The summed E-state index contributed by atoms with van der Waals surface area (Å²) in [7, 11) is 1.59. The van der Waals surface area contributed by atoms with Gasteiger partial charge >= 0.3 is 0 Å². The minimum absolute atomic E-state index is 0.0314. The van der Waals surface area contributed by atoms with Crippen LogP contribution in [0.15, 0.2) is 18.2 Å². The van der Waals surface area contributed by atoms with E-state index in [1.165, 1.54) is 0 Å². The van der Waals surface area contributed by atoms with E-state index in [2.05, 4.69) is 20.8 Å². The van der Waals surface area contributed by atoms with E-state index >= 15 is 0 Å². The molecule has 0 aliphatic carbocycles. The van der Waals surface area contributed by atoms with Crippen LogP contribution in [0.25, 0.3) is 0 Å². The number of rotatable bonds is 1. The van der Waals surface area contributed by atoms with Gasteiger partial charge in [0.05, 0.1) is 7.11 Å². The van der Waals surface area contributed by atoms with Crippen molar-refractivity contribution in [1.29, 1.82) is 0 Å². The third-order valence-corrected chi connectivity index (χ3v) is 2.01. The molecule has 0 aliphatic heterocycles. The summed E-state index contributed by atoms with van der Waals surface area (Å²) < 4.78 is 5.00. The molecule has 0 saturated heterocycles. The van der Waals surface area contributed by atoms with E-state index in [4.69, 9.17) is 4.74 Å². The maximum absolute atomic E-state index is 9.68. The van der Waals surface area contributed by atoms with Crippen LogP contribution in [0.5, 0.6) is 11.5 Å². The number of phenols is 1. The van der Waals surface area contributed by atoms with Crippen LogP contribution in [-0.2, 0) is 5.41 Å². The lowest BCUT2D eigenvalue weighted by Gasteiger charge is -2.20. The lowest BCUT2D eigenvalue weighted by Crippen LogP contribution is -2.11. The number of phenolic OH excluding ortho intramolecular Hbond substituents is 1. The third kappa shape index (κ3) is 2.14. The van der Waals surface area contributed by atoms with Gasteiger partial charge < -0.3 is 9.84 Å². The fraction of sp³-hybridized carbons (Fsp3) is 0.455. The molecular formula is C11H16O2. The summed E-state index contributed by atoms with van der Waals surface area (Å²) in [6.45, 7) is 6.19. The molecule has 0 unspecified atom stereocenters. The maximum atomic E-state index is 9.68. The topological polar surface area (TPSA) is 29.5 Å². The Hall–Kier alpha value is -1.18. The molecule has 0 heterocycles. The normalized spacial score (nSPS) is 11.4. The first-order valence-corrected chi connectivity index (χ1v) is 4.32. The van der Waals surface area contributed by atoms with Crippen molar-refractivity contribution in [2.45, 2.75) is 26.2 Å². The quantitative estimate of drug-likeness (QED) is 0.720. The predicted molar refractivity (Wildman–Crippen MR) is 53.4 cm³/mol. The second-order valence-electron chi connectivity index (χ2n) is 4.13. The second kappa shape index (κ2) is 3.29. The molecular weight excluding hydrogens is 164 g/mol. The van der Waals surface area contributed by atoms with E-state index in [9.17, 15) is 5.11 Å². The molecule has 1 rings (SSSR count). The number of aromatic hydroxyl groups is 1. The highest BCUT2D eigenvalue weighted by molar-refractivity contribution is 5.43. The van der Waals surface area contributed by atoms with Crippen LogP contribution in [0.1, 0.15) is 26.3 Å². The summed E-state index contributed by atoms with van der Waals surface area (Å²) in [6.07, 6.45) is 0. The molecule has 0 bridgehead atoms. The molecule has 2 nitrogen and oxygen atoms in total. The van der Waals surface area contributed by atoms with Gasteiger partial charge in [-0.25, -0.2) is 0 Å². The Balaban J connectivity index is 3.13. The molecule has 13 heavy (non-hydrogen) atoms. The SMILES string of the molecule is COc1ccc(C(C)(C)C)c(O)c1. The summed E-state index contributed by atoms with van der Waals surface area (Å²) in [5.41, 5.74) is 0.907. The Morgan fingerprint density at radius 3 is 2.23 bits per heavy atom. The van der Waals surface area contributed by atoms with Gasteiger partial charge in [0, 0.05) is 6.07 Å². The van der Waals surface area contributed by atoms with E-state index in [-0.39, 0.29) is 5.41 Å². The Labute approximate surface area is 79.2 Å². The van der Waals surface area contributed by atoms with Gasteiger partial charge in [-0.1, -0.05) is 26.8 Å². The van der Waals surface area contributed by atoms with Crippen LogP contribution < -0.4 is 4.74 Å². The van der Waals surface area contributed by atoms with Crippen LogP contribution >= 0.6 is 0 Å². The zero-order chi connectivity index (χ0) is 10.1. The lowest BCUT2D eigenvalue weighted by atomic mass is 9.86. The average molecular weight is 180 g/mol. The van der Waals surface area contributed by atoms with E-state index in [1.807, 2.05) is 12.1 Å². The summed E-state index contributed by atoms with van der Waals surface area (Å²) >= 11 is 0. The van der Waals surface area contributed by atoms with Crippen LogP contribution in [0.2, 0.25) is 0 Å². The van der Waals surface area contributed by atoms with E-state index in [1.54, 1.807) is 13.2 Å². The van der Waals surface area contributed by atoms with Gasteiger partial charge in [-0.15, -0.1) is 0 Å². The molecule has 1 aromatic carbocycles. The molecule has 0 spiro atoms. The van der Waals surface area contributed by atoms with Gasteiger partial charge in [0.1, 0.15) is 11.5 Å². The number of hydrogen-bond acceptors (Lipinski definition) is 2. The Morgan fingerprint density at radius 1 is 1.23 bits per heavy atom. The Bertz CT molecular complexity index is 297. The molecule has 0 fully saturated rings. The molecule has 0 radical (unpaired) electrons. The largest absolute Gasteiger partial charge is 0.508 e.